The van der Waals surface area contributed by atoms with Gasteiger partial charge in [0.2, 0.25) is 5.91 Å². The molecule has 4 nitrogen and oxygen atoms in total. The molecule has 68 valence electrons. The third-order valence-corrected chi connectivity index (χ3v) is 3.16. The Hall–Kier alpha value is -0.610. The average Bonchev–Trinajstić information content (AvgIpc) is 2.60. The minimum atomic E-state index is -0.283. The summed E-state index contributed by atoms with van der Waals surface area (Å²) < 4.78 is 5.49. The van der Waals surface area contributed by atoms with Crippen molar-refractivity contribution >= 4 is 5.91 Å². The Morgan fingerprint density at radius 1 is 1.58 bits per heavy atom. The van der Waals surface area contributed by atoms with Gasteiger partial charge in [-0.3, -0.25) is 10.2 Å². The molecule has 1 aliphatic heterocycles. The van der Waals surface area contributed by atoms with Gasteiger partial charge in [-0.05, 0) is 25.7 Å². The summed E-state index contributed by atoms with van der Waals surface area (Å²) in [5.74, 6) is 5.11. The zero-order chi connectivity index (χ0) is 8.60. The van der Waals surface area contributed by atoms with Crippen LogP contribution in [-0.4, -0.2) is 18.6 Å². The quantitative estimate of drug-likeness (QED) is 0.329. The molecule has 2 fully saturated rings. The maximum atomic E-state index is 11.5. The first-order valence-electron chi connectivity index (χ1n) is 4.42. The van der Waals surface area contributed by atoms with Crippen molar-refractivity contribution in [1.29, 1.82) is 0 Å². The second kappa shape index (κ2) is 2.71. The predicted molar refractivity (Wildman–Crippen MR) is 43.0 cm³/mol. The number of nitrogens with two attached hydrogens (primary N) is 1. The maximum Gasteiger partial charge on any atom is 0.242 e. The highest BCUT2D eigenvalue weighted by molar-refractivity contribution is 5.83. The minimum absolute atomic E-state index is 0.0394. The molecule has 4 heteroatoms. The van der Waals surface area contributed by atoms with Crippen LogP contribution >= 0.6 is 0 Å². The van der Waals surface area contributed by atoms with Crippen molar-refractivity contribution < 1.29 is 9.53 Å². The summed E-state index contributed by atoms with van der Waals surface area (Å²) in [6.45, 7) is 0.706. The predicted octanol–water partition coefficient (Wildman–Crippen LogP) is -0.0645. The number of rotatable bonds is 1. The van der Waals surface area contributed by atoms with Crippen LogP contribution in [0.5, 0.6) is 0 Å². The third-order valence-electron chi connectivity index (χ3n) is 3.16. The van der Waals surface area contributed by atoms with Crippen molar-refractivity contribution in [2.24, 2.45) is 11.3 Å². The summed E-state index contributed by atoms with van der Waals surface area (Å²) in [6, 6.07) is 0. The van der Waals surface area contributed by atoms with Crippen molar-refractivity contribution in [3.05, 3.63) is 0 Å². The molecule has 1 saturated carbocycles. The lowest BCUT2D eigenvalue weighted by atomic mass is 9.82. The van der Waals surface area contributed by atoms with Gasteiger partial charge in [-0.15, -0.1) is 0 Å². The van der Waals surface area contributed by atoms with Crippen LogP contribution < -0.4 is 11.3 Å². The maximum absolute atomic E-state index is 11.5. The second-order valence-electron chi connectivity index (χ2n) is 3.63. The molecule has 0 aromatic carbocycles. The number of amides is 1. The smallest absolute Gasteiger partial charge is 0.242 e. The van der Waals surface area contributed by atoms with Crippen LogP contribution in [0.25, 0.3) is 0 Å². The fourth-order valence-corrected chi connectivity index (χ4v) is 2.47. The number of hydrogen-bond acceptors (Lipinski definition) is 3. The first-order valence-corrected chi connectivity index (χ1v) is 4.42. The highest BCUT2D eigenvalue weighted by atomic mass is 16.5. The molecule has 1 heterocycles. The van der Waals surface area contributed by atoms with Gasteiger partial charge in [0, 0.05) is 6.61 Å². The molecule has 0 aromatic rings. The lowest BCUT2D eigenvalue weighted by Gasteiger charge is -2.24. The molecule has 2 atom stereocenters. The van der Waals surface area contributed by atoms with Crippen LogP contribution in [0, 0.1) is 5.41 Å². The molecule has 1 amide bonds. The Morgan fingerprint density at radius 3 is 3.17 bits per heavy atom. The number of carbonyl (C=O) groups is 1. The minimum Gasteiger partial charge on any atom is -0.377 e. The second-order valence-corrected chi connectivity index (χ2v) is 3.63. The zero-order valence-electron chi connectivity index (χ0n) is 7.01. The molecule has 12 heavy (non-hydrogen) atoms. The summed E-state index contributed by atoms with van der Waals surface area (Å²) in [7, 11) is 0. The van der Waals surface area contributed by atoms with E-state index in [1.807, 2.05) is 0 Å². The number of carbonyl (C=O) groups excluding carboxylic acids is 1. The molecule has 1 saturated heterocycles. The first-order chi connectivity index (χ1) is 5.79. The third kappa shape index (κ3) is 0.881. The summed E-state index contributed by atoms with van der Waals surface area (Å²) in [6.07, 6.45) is 3.98. The van der Waals surface area contributed by atoms with E-state index in [0.29, 0.717) is 6.61 Å². The van der Waals surface area contributed by atoms with E-state index in [-0.39, 0.29) is 17.4 Å². The molecular formula is C8H14N2O2. The molecule has 2 unspecified atom stereocenters. The summed E-state index contributed by atoms with van der Waals surface area (Å²) >= 11 is 0. The average molecular weight is 170 g/mol. The van der Waals surface area contributed by atoms with Gasteiger partial charge in [0.1, 0.15) is 0 Å². The topological polar surface area (TPSA) is 64.3 Å². The fraction of sp³-hybridized carbons (Fsp3) is 0.875. The van der Waals surface area contributed by atoms with Gasteiger partial charge in [0.25, 0.3) is 0 Å². The van der Waals surface area contributed by atoms with Crippen molar-refractivity contribution in [3.8, 4) is 0 Å². The molecule has 0 radical (unpaired) electrons. The number of nitrogens with one attached hydrogen (secondary N) is 1. The summed E-state index contributed by atoms with van der Waals surface area (Å²) in [5.41, 5.74) is 1.97. The van der Waals surface area contributed by atoms with E-state index >= 15 is 0 Å². The first kappa shape index (κ1) is 8.01. The van der Waals surface area contributed by atoms with Gasteiger partial charge in [-0.25, -0.2) is 5.84 Å². The van der Waals surface area contributed by atoms with Crippen molar-refractivity contribution in [2.45, 2.75) is 31.8 Å². The van der Waals surface area contributed by atoms with Crippen molar-refractivity contribution in [3.63, 3.8) is 0 Å². The highest BCUT2D eigenvalue weighted by Gasteiger charge is 2.52. The monoisotopic (exact) mass is 170 g/mol. The van der Waals surface area contributed by atoms with E-state index in [1.54, 1.807) is 0 Å². The zero-order valence-corrected chi connectivity index (χ0v) is 7.01. The molecule has 0 aromatic heterocycles. The Morgan fingerprint density at radius 2 is 2.42 bits per heavy atom. The SMILES string of the molecule is NNC(=O)C12CCCC1OCC2. The van der Waals surface area contributed by atoms with Crippen LogP contribution in [0.3, 0.4) is 0 Å². The molecule has 2 aliphatic rings. The van der Waals surface area contributed by atoms with Gasteiger partial charge in [0.05, 0.1) is 11.5 Å². The number of hydrogen-bond donors (Lipinski definition) is 2. The Labute approximate surface area is 71.4 Å². The number of ether oxygens (including phenoxy) is 1. The van der Waals surface area contributed by atoms with Gasteiger partial charge >= 0.3 is 0 Å². The van der Waals surface area contributed by atoms with Gasteiger partial charge in [-0.1, -0.05) is 0 Å². The van der Waals surface area contributed by atoms with E-state index in [4.69, 9.17) is 10.6 Å². The Kier molecular flexibility index (Phi) is 1.81. The Bertz CT molecular complexity index is 195. The normalized spacial score (nSPS) is 39.6. The lowest BCUT2D eigenvalue weighted by molar-refractivity contribution is -0.132. The molecule has 3 N–H and O–H groups in total. The molecule has 0 spiro atoms. The standard InChI is InChI=1S/C8H14N2O2/c9-10-7(11)8-3-1-2-6(8)12-5-4-8/h6H,1-5,9H2,(H,10,11). The van der Waals surface area contributed by atoms with Crippen LogP contribution in [-0.2, 0) is 9.53 Å². The summed E-state index contributed by atoms with van der Waals surface area (Å²) in [5, 5.41) is 0. The van der Waals surface area contributed by atoms with E-state index < -0.39 is 0 Å². The summed E-state index contributed by atoms with van der Waals surface area (Å²) in [4.78, 5) is 11.5. The Balaban J connectivity index is 2.21. The van der Waals surface area contributed by atoms with Crippen molar-refractivity contribution in [1.82, 2.24) is 5.43 Å². The van der Waals surface area contributed by atoms with E-state index in [2.05, 4.69) is 5.43 Å². The van der Waals surface area contributed by atoms with Gasteiger partial charge in [-0.2, -0.15) is 0 Å². The molecule has 1 aliphatic carbocycles. The van der Waals surface area contributed by atoms with Gasteiger partial charge in [0.15, 0.2) is 0 Å². The van der Waals surface area contributed by atoms with Crippen molar-refractivity contribution in [2.75, 3.05) is 6.61 Å². The molecular weight excluding hydrogens is 156 g/mol. The highest BCUT2D eigenvalue weighted by Crippen LogP contribution is 2.47. The molecule has 0 bridgehead atoms. The van der Waals surface area contributed by atoms with Crippen LogP contribution in [0.15, 0.2) is 0 Å². The van der Waals surface area contributed by atoms with Crippen LogP contribution in [0.2, 0.25) is 0 Å². The fourth-order valence-electron chi connectivity index (χ4n) is 2.47. The lowest BCUT2D eigenvalue weighted by Crippen LogP contribution is -2.46. The van der Waals surface area contributed by atoms with Crippen LogP contribution in [0.4, 0.5) is 0 Å². The van der Waals surface area contributed by atoms with E-state index in [0.717, 1.165) is 25.7 Å². The van der Waals surface area contributed by atoms with E-state index in [1.165, 1.54) is 0 Å². The number of fused-ring (bicyclic) bond motifs is 1. The largest absolute Gasteiger partial charge is 0.377 e. The van der Waals surface area contributed by atoms with Crippen LogP contribution in [0.1, 0.15) is 25.7 Å². The molecule has 2 rings (SSSR count). The van der Waals surface area contributed by atoms with Gasteiger partial charge < -0.3 is 4.74 Å². The van der Waals surface area contributed by atoms with E-state index in [9.17, 15) is 4.79 Å². The number of hydrazine groups is 1.